The van der Waals surface area contributed by atoms with Crippen LogP contribution in [0.5, 0.6) is 0 Å². The van der Waals surface area contributed by atoms with Gasteiger partial charge in [0.2, 0.25) is 5.91 Å². The first-order valence-corrected chi connectivity index (χ1v) is 15.0. The van der Waals surface area contributed by atoms with Crippen LogP contribution in [0.4, 0.5) is 18.9 Å². The van der Waals surface area contributed by atoms with Gasteiger partial charge in [0.1, 0.15) is 0 Å². The molecule has 8 heteroatoms. The predicted octanol–water partition coefficient (Wildman–Crippen LogP) is 6.86. The fraction of sp³-hybridized carbons (Fsp3) is 0.625. The summed E-state index contributed by atoms with van der Waals surface area (Å²) in [6, 6.07) is 9.44. The monoisotopic (exact) mass is 557 g/mol. The second-order valence-corrected chi connectivity index (χ2v) is 12.2. The molecule has 4 fully saturated rings. The molecule has 0 spiro atoms. The first kappa shape index (κ1) is 28.9. The van der Waals surface area contributed by atoms with Crippen molar-refractivity contribution in [1.29, 1.82) is 0 Å². The predicted molar refractivity (Wildman–Crippen MR) is 151 cm³/mol. The number of carbonyl (C=O) groups is 2. The van der Waals surface area contributed by atoms with Crippen LogP contribution in [0.1, 0.15) is 89.0 Å². The van der Waals surface area contributed by atoms with Crippen LogP contribution >= 0.6 is 0 Å². The van der Waals surface area contributed by atoms with E-state index in [4.69, 9.17) is 0 Å². The quantitative estimate of drug-likeness (QED) is 0.266. The minimum absolute atomic E-state index is 0.0116. The number of piperidine rings is 1. The highest BCUT2D eigenvalue weighted by molar-refractivity contribution is 5.93. The largest absolute Gasteiger partial charge is 0.392 e. The molecule has 2 saturated carbocycles. The second-order valence-electron chi connectivity index (χ2n) is 12.2. The van der Waals surface area contributed by atoms with E-state index < -0.39 is 24.3 Å². The molecule has 4 aliphatic rings. The van der Waals surface area contributed by atoms with Crippen LogP contribution in [-0.4, -0.2) is 47.4 Å². The molecular weight excluding hydrogens is 515 g/mol. The van der Waals surface area contributed by atoms with Crippen molar-refractivity contribution in [3.63, 3.8) is 0 Å². The number of anilines is 1. The lowest BCUT2D eigenvalue weighted by Crippen LogP contribution is -2.57. The maximum absolute atomic E-state index is 14.0. The number of benzene rings is 1. The molecule has 5 atom stereocenters. The lowest BCUT2D eigenvalue weighted by molar-refractivity contribution is -0.143. The number of alkyl halides is 3. The van der Waals surface area contributed by atoms with Gasteiger partial charge in [0.25, 0.3) is 0 Å². The lowest BCUT2D eigenvalue weighted by atomic mass is 9.74. The molecule has 2 heterocycles. The summed E-state index contributed by atoms with van der Waals surface area (Å²) in [6.45, 7) is 6.90. The van der Waals surface area contributed by atoms with Crippen LogP contribution < -0.4 is 10.4 Å². The fourth-order valence-corrected chi connectivity index (χ4v) is 7.16. The van der Waals surface area contributed by atoms with Gasteiger partial charge in [-0.25, -0.2) is 5.43 Å². The van der Waals surface area contributed by atoms with Crippen molar-refractivity contribution in [2.75, 3.05) is 11.6 Å². The normalized spacial score (nSPS) is 27.9. The van der Waals surface area contributed by atoms with Gasteiger partial charge in [-0.15, -0.1) is 0 Å². The molecule has 40 heavy (non-hydrogen) atoms. The van der Waals surface area contributed by atoms with Gasteiger partial charge in [-0.05, 0) is 81.1 Å². The second kappa shape index (κ2) is 12.1. The van der Waals surface area contributed by atoms with Gasteiger partial charge in [0, 0.05) is 36.9 Å². The van der Waals surface area contributed by atoms with Crippen molar-refractivity contribution in [2.24, 2.45) is 11.8 Å². The van der Waals surface area contributed by atoms with Crippen LogP contribution in [0.15, 0.2) is 48.6 Å². The maximum atomic E-state index is 14.0. The Labute approximate surface area is 235 Å². The number of hydrazine groups is 1. The van der Waals surface area contributed by atoms with E-state index in [9.17, 15) is 22.8 Å². The van der Waals surface area contributed by atoms with Crippen molar-refractivity contribution < 1.29 is 22.8 Å². The summed E-state index contributed by atoms with van der Waals surface area (Å²) in [6.07, 6.45) is 4.71. The first-order valence-electron chi connectivity index (χ1n) is 15.0. The zero-order valence-electron chi connectivity index (χ0n) is 23.5. The van der Waals surface area contributed by atoms with E-state index in [1.54, 1.807) is 0 Å². The summed E-state index contributed by atoms with van der Waals surface area (Å²) >= 11 is 0. The summed E-state index contributed by atoms with van der Waals surface area (Å²) < 4.78 is 37.6. The Morgan fingerprint density at radius 3 is 2.55 bits per heavy atom. The van der Waals surface area contributed by atoms with Gasteiger partial charge in [0.15, 0.2) is 5.78 Å². The van der Waals surface area contributed by atoms with Crippen molar-refractivity contribution >= 4 is 17.4 Å². The van der Waals surface area contributed by atoms with Crippen LogP contribution in [0.3, 0.4) is 0 Å². The van der Waals surface area contributed by atoms with Gasteiger partial charge in [-0.2, -0.15) is 13.2 Å². The molecule has 1 amide bonds. The van der Waals surface area contributed by atoms with Crippen LogP contribution in [0.25, 0.3) is 0 Å². The molecule has 1 N–H and O–H groups in total. The molecule has 2 aliphatic carbocycles. The SMILES string of the molecule is C=C1CCCC2NN(c3ccc(C4CC4)cc3)C3CCN(C(=O)C(CCC)CC(=O)/C=C\CC(F)(F)F)[C@@H](C1)C23. The molecular formula is C32H42F3N3O2. The first-order chi connectivity index (χ1) is 19.1. The van der Waals surface area contributed by atoms with Gasteiger partial charge >= 0.3 is 6.18 Å². The number of ketones is 1. The Kier molecular flexibility index (Phi) is 8.74. The van der Waals surface area contributed by atoms with Crippen molar-refractivity contribution in [1.82, 2.24) is 10.3 Å². The summed E-state index contributed by atoms with van der Waals surface area (Å²) in [7, 11) is 0. The number of nitrogens with one attached hydrogen (secondary N) is 1. The molecule has 5 nitrogen and oxygen atoms in total. The number of likely N-dealkylation sites (tertiary alicyclic amines) is 1. The Morgan fingerprint density at radius 1 is 1.12 bits per heavy atom. The fourth-order valence-electron chi connectivity index (χ4n) is 7.16. The number of amides is 1. The number of nitrogens with zero attached hydrogens (tertiary/aromatic N) is 2. The smallest absolute Gasteiger partial charge is 0.339 e. The Balaban J connectivity index is 1.34. The van der Waals surface area contributed by atoms with Gasteiger partial charge in [0.05, 0.1) is 18.2 Å². The van der Waals surface area contributed by atoms with Crippen LogP contribution in [0.2, 0.25) is 0 Å². The third-order valence-corrected chi connectivity index (χ3v) is 9.19. The van der Waals surface area contributed by atoms with E-state index >= 15 is 0 Å². The average Bonchev–Trinajstić information content (AvgIpc) is 3.68. The standard InChI is InChI=1S/C32H42F3N3O2/c1-3-6-24(20-26(39)8-5-17-32(33,34)35)31(40)37-18-16-28-30-27(9-4-7-21(2)19-29(30)37)36-38(28)25-14-12-23(13-15-25)22-10-11-22/h5,8,12-15,22,24,27-30,36H,2-4,6-7,9-11,16-20H2,1H3/b8-5-/t24?,27?,28?,29-,30?/m0/s1. The Bertz CT molecular complexity index is 1110. The highest BCUT2D eigenvalue weighted by Gasteiger charge is 2.52. The summed E-state index contributed by atoms with van der Waals surface area (Å²) in [5, 5.41) is 2.34. The topological polar surface area (TPSA) is 52.6 Å². The molecule has 4 unspecified atom stereocenters. The third kappa shape index (κ3) is 6.64. The van der Waals surface area contributed by atoms with Gasteiger partial charge < -0.3 is 9.91 Å². The summed E-state index contributed by atoms with van der Waals surface area (Å²) in [5.41, 5.74) is 7.55. The number of hydrogen-bond donors (Lipinski definition) is 1. The molecule has 1 aromatic rings. The van der Waals surface area contributed by atoms with E-state index in [1.807, 2.05) is 11.8 Å². The number of rotatable bonds is 9. The molecule has 2 aliphatic heterocycles. The minimum atomic E-state index is -4.35. The maximum Gasteiger partial charge on any atom is 0.392 e. The van der Waals surface area contributed by atoms with E-state index in [1.165, 1.54) is 24.1 Å². The molecule has 5 rings (SSSR count). The van der Waals surface area contributed by atoms with E-state index in [-0.39, 0.29) is 36.4 Å². The van der Waals surface area contributed by atoms with Crippen LogP contribution in [-0.2, 0) is 9.59 Å². The van der Waals surface area contributed by atoms with E-state index in [2.05, 4.69) is 41.3 Å². The highest BCUT2D eigenvalue weighted by Crippen LogP contribution is 2.44. The number of halogens is 3. The van der Waals surface area contributed by atoms with E-state index in [0.29, 0.717) is 18.9 Å². The van der Waals surface area contributed by atoms with E-state index in [0.717, 1.165) is 56.3 Å². The summed E-state index contributed by atoms with van der Waals surface area (Å²) in [5.74, 6) is -0.0379. The Hall–Kier alpha value is -2.61. The van der Waals surface area contributed by atoms with Crippen molar-refractivity contribution in [3.05, 3.63) is 54.1 Å². The van der Waals surface area contributed by atoms with Gasteiger partial charge in [-0.1, -0.05) is 43.7 Å². The summed E-state index contributed by atoms with van der Waals surface area (Å²) in [4.78, 5) is 28.6. The van der Waals surface area contributed by atoms with Gasteiger partial charge in [-0.3, -0.25) is 9.59 Å². The lowest BCUT2D eigenvalue weighted by Gasteiger charge is -2.47. The zero-order chi connectivity index (χ0) is 28.4. The van der Waals surface area contributed by atoms with Crippen molar-refractivity contribution in [3.8, 4) is 0 Å². The minimum Gasteiger partial charge on any atom is -0.339 e. The Morgan fingerprint density at radius 2 is 1.88 bits per heavy atom. The van der Waals surface area contributed by atoms with Crippen LogP contribution in [0, 0.1) is 11.8 Å². The molecule has 2 saturated heterocycles. The molecule has 0 aromatic heterocycles. The highest BCUT2D eigenvalue weighted by atomic mass is 19.4. The third-order valence-electron chi connectivity index (χ3n) is 9.19. The molecule has 0 bridgehead atoms. The molecule has 1 aromatic carbocycles. The molecule has 0 radical (unpaired) electrons. The number of allylic oxidation sites excluding steroid dienone is 2. The average molecular weight is 558 g/mol. The van der Waals surface area contributed by atoms with Crippen molar-refractivity contribution in [2.45, 2.75) is 108 Å². The molecule has 218 valence electrons. The number of hydrogen-bond acceptors (Lipinski definition) is 4. The number of carbonyl (C=O) groups excluding carboxylic acids is 2. The zero-order valence-corrected chi connectivity index (χ0v) is 23.5.